The topological polar surface area (TPSA) is 90.5 Å². The van der Waals surface area contributed by atoms with Crippen LogP contribution >= 0.6 is 0 Å². The van der Waals surface area contributed by atoms with Crippen molar-refractivity contribution in [2.75, 3.05) is 41.7 Å². The van der Waals surface area contributed by atoms with Crippen molar-refractivity contribution in [3.05, 3.63) is 60.8 Å². The predicted octanol–water partition coefficient (Wildman–Crippen LogP) is 4.68. The molecule has 1 aliphatic carbocycles. The van der Waals surface area contributed by atoms with Crippen LogP contribution in [0.15, 0.2) is 60.8 Å². The number of anilines is 4. The third-order valence-corrected chi connectivity index (χ3v) is 6.94. The van der Waals surface area contributed by atoms with Crippen molar-refractivity contribution in [3.8, 4) is 11.3 Å². The molecule has 0 atom stereocenters. The van der Waals surface area contributed by atoms with Gasteiger partial charge < -0.3 is 20.4 Å². The summed E-state index contributed by atoms with van der Waals surface area (Å²) in [5.74, 6) is 1.03. The third kappa shape index (κ3) is 5.64. The van der Waals surface area contributed by atoms with Gasteiger partial charge in [-0.2, -0.15) is 0 Å². The Morgan fingerprint density at radius 1 is 0.861 bits per heavy atom. The van der Waals surface area contributed by atoms with Crippen LogP contribution in [0.3, 0.4) is 0 Å². The van der Waals surface area contributed by atoms with Crippen molar-refractivity contribution in [2.45, 2.75) is 32.6 Å². The van der Waals surface area contributed by atoms with Crippen LogP contribution in [0.25, 0.3) is 11.3 Å². The summed E-state index contributed by atoms with van der Waals surface area (Å²) in [6, 6.07) is 17.7. The Labute approximate surface area is 211 Å². The fourth-order valence-corrected chi connectivity index (χ4v) is 5.01. The summed E-state index contributed by atoms with van der Waals surface area (Å²) >= 11 is 0. The number of rotatable bonds is 6. The lowest BCUT2D eigenvalue weighted by atomic mass is 10.1. The number of hydrogen-bond donors (Lipinski definition) is 2. The van der Waals surface area contributed by atoms with Gasteiger partial charge in [0, 0.05) is 67.8 Å². The second-order valence-corrected chi connectivity index (χ2v) is 9.49. The van der Waals surface area contributed by atoms with E-state index < -0.39 is 0 Å². The molecule has 2 fully saturated rings. The van der Waals surface area contributed by atoms with Gasteiger partial charge in [-0.3, -0.25) is 9.59 Å². The molecule has 1 aliphatic heterocycles. The van der Waals surface area contributed by atoms with Crippen LogP contribution in [0.1, 0.15) is 32.6 Å². The summed E-state index contributed by atoms with van der Waals surface area (Å²) in [5, 5.41) is 6.05. The van der Waals surface area contributed by atoms with Gasteiger partial charge in [-0.1, -0.05) is 25.0 Å². The number of nitrogens with zero attached hydrogens (tertiary/aromatic N) is 4. The van der Waals surface area contributed by atoms with Crippen molar-refractivity contribution in [1.82, 2.24) is 14.9 Å². The highest BCUT2D eigenvalue weighted by Crippen LogP contribution is 2.28. The minimum Gasteiger partial charge on any atom is -0.368 e. The molecule has 3 aromatic rings. The van der Waals surface area contributed by atoms with Crippen LogP contribution in [0, 0.1) is 5.92 Å². The van der Waals surface area contributed by atoms with E-state index in [9.17, 15) is 9.59 Å². The van der Waals surface area contributed by atoms with Crippen molar-refractivity contribution >= 4 is 34.8 Å². The summed E-state index contributed by atoms with van der Waals surface area (Å²) in [4.78, 5) is 37.3. The maximum absolute atomic E-state index is 12.7. The molecule has 2 amide bonds. The van der Waals surface area contributed by atoms with Crippen molar-refractivity contribution in [2.24, 2.45) is 5.92 Å². The SMILES string of the molecule is CC(=O)Nc1ccc(-c2ccnc(Nc3ccc(N4CCN(C(=O)C5CCCC5)CC4)cc3)n2)cc1. The molecule has 8 nitrogen and oxygen atoms in total. The Morgan fingerprint density at radius 3 is 2.19 bits per heavy atom. The Kier molecular flexibility index (Phi) is 7.11. The zero-order chi connectivity index (χ0) is 24.9. The van der Waals surface area contributed by atoms with E-state index in [1.807, 2.05) is 42.5 Å². The molecule has 5 rings (SSSR count). The molecule has 0 unspecified atom stereocenters. The maximum Gasteiger partial charge on any atom is 0.227 e. The Bertz CT molecular complexity index is 1200. The molecule has 2 aliphatic rings. The molecule has 0 bridgehead atoms. The normalized spacial score (nSPS) is 16.1. The Balaban J connectivity index is 1.18. The number of amides is 2. The molecule has 2 N–H and O–H groups in total. The first-order valence-electron chi connectivity index (χ1n) is 12.7. The standard InChI is InChI=1S/C28H32N6O2/c1-20(35)30-23-8-6-21(7-9-23)26-14-15-29-28(32-26)31-24-10-12-25(13-11-24)33-16-18-34(19-17-33)27(36)22-4-2-3-5-22/h6-15,22H,2-5,16-19H2,1H3,(H,30,35)(H,29,31,32). The fraction of sp³-hybridized carbons (Fsp3) is 0.357. The van der Waals surface area contributed by atoms with E-state index in [1.54, 1.807) is 6.20 Å². The number of piperazine rings is 1. The molecule has 2 aromatic carbocycles. The first-order chi connectivity index (χ1) is 17.5. The van der Waals surface area contributed by atoms with Gasteiger partial charge in [-0.15, -0.1) is 0 Å². The van der Waals surface area contributed by atoms with E-state index in [-0.39, 0.29) is 11.8 Å². The van der Waals surface area contributed by atoms with E-state index in [2.05, 4.69) is 42.5 Å². The molecule has 1 saturated heterocycles. The Morgan fingerprint density at radius 2 is 1.53 bits per heavy atom. The molecule has 8 heteroatoms. The lowest BCUT2D eigenvalue weighted by Gasteiger charge is -2.37. The largest absolute Gasteiger partial charge is 0.368 e. The summed E-state index contributed by atoms with van der Waals surface area (Å²) in [5.41, 5.74) is 4.55. The number of benzene rings is 2. The van der Waals surface area contributed by atoms with Crippen LogP contribution in [0.5, 0.6) is 0 Å². The van der Waals surface area contributed by atoms with Gasteiger partial charge in [-0.05, 0) is 55.3 Å². The maximum atomic E-state index is 12.7. The zero-order valence-electron chi connectivity index (χ0n) is 20.6. The molecular weight excluding hydrogens is 452 g/mol. The van der Waals surface area contributed by atoms with Crippen LogP contribution in [0.4, 0.5) is 23.0 Å². The summed E-state index contributed by atoms with van der Waals surface area (Å²) in [6.07, 6.45) is 6.24. The molecule has 1 aromatic heterocycles. The lowest BCUT2D eigenvalue weighted by molar-refractivity contribution is -0.135. The molecule has 0 radical (unpaired) electrons. The van der Waals surface area contributed by atoms with Crippen molar-refractivity contribution < 1.29 is 9.59 Å². The van der Waals surface area contributed by atoms with Gasteiger partial charge in [0.05, 0.1) is 5.69 Å². The summed E-state index contributed by atoms with van der Waals surface area (Å²) < 4.78 is 0. The van der Waals surface area contributed by atoms with Crippen LogP contribution in [0.2, 0.25) is 0 Å². The second-order valence-electron chi connectivity index (χ2n) is 9.49. The van der Waals surface area contributed by atoms with E-state index in [4.69, 9.17) is 0 Å². The van der Waals surface area contributed by atoms with Crippen molar-refractivity contribution in [3.63, 3.8) is 0 Å². The van der Waals surface area contributed by atoms with Gasteiger partial charge in [0.1, 0.15) is 0 Å². The highest BCUT2D eigenvalue weighted by atomic mass is 16.2. The smallest absolute Gasteiger partial charge is 0.227 e. The summed E-state index contributed by atoms with van der Waals surface area (Å²) in [6.45, 7) is 4.79. The quantitative estimate of drug-likeness (QED) is 0.528. The molecular formula is C28H32N6O2. The van der Waals surface area contributed by atoms with Crippen molar-refractivity contribution in [1.29, 1.82) is 0 Å². The van der Waals surface area contributed by atoms with Crippen LogP contribution < -0.4 is 15.5 Å². The number of carbonyl (C=O) groups is 2. The van der Waals surface area contributed by atoms with Gasteiger partial charge in [0.25, 0.3) is 0 Å². The molecule has 2 heterocycles. The number of nitrogens with one attached hydrogen (secondary N) is 2. The monoisotopic (exact) mass is 484 g/mol. The zero-order valence-corrected chi connectivity index (χ0v) is 20.6. The number of aromatic nitrogens is 2. The molecule has 0 spiro atoms. The minimum absolute atomic E-state index is 0.0982. The highest BCUT2D eigenvalue weighted by Gasteiger charge is 2.29. The van der Waals surface area contributed by atoms with Crippen LogP contribution in [-0.4, -0.2) is 52.9 Å². The predicted molar refractivity (Wildman–Crippen MR) is 142 cm³/mol. The highest BCUT2D eigenvalue weighted by molar-refractivity contribution is 5.89. The second kappa shape index (κ2) is 10.8. The van der Waals surface area contributed by atoms with Gasteiger partial charge in [0.2, 0.25) is 17.8 Å². The van der Waals surface area contributed by atoms with Gasteiger partial charge in [0.15, 0.2) is 0 Å². The summed E-state index contributed by atoms with van der Waals surface area (Å²) in [7, 11) is 0. The number of carbonyl (C=O) groups excluding carboxylic acids is 2. The average molecular weight is 485 g/mol. The van der Waals surface area contributed by atoms with Gasteiger partial charge >= 0.3 is 0 Å². The minimum atomic E-state index is -0.0982. The van der Waals surface area contributed by atoms with Crippen LogP contribution in [-0.2, 0) is 9.59 Å². The average Bonchev–Trinajstić information content (AvgIpc) is 3.44. The van der Waals surface area contributed by atoms with E-state index in [1.165, 1.54) is 19.8 Å². The number of hydrogen-bond acceptors (Lipinski definition) is 6. The van der Waals surface area contributed by atoms with E-state index in [0.29, 0.717) is 11.9 Å². The molecule has 1 saturated carbocycles. The molecule has 186 valence electrons. The third-order valence-electron chi connectivity index (χ3n) is 6.94. The van der Waals surface area contributed by atoms with E-state index in [0.717, 1.165) is 67.3 Å². The lowest BCUT2D eigenvalue weighted by Crippen LogP contribution is -2.50. The fourth-order valence-electron chi connectivity index (χ4n) is 5.01. The Hall–Kier alpha value is -3.94. The first kappa shape index (κ1) is 23.8. The van der Waals surface area contributed by atoms with Gasteiger partial charge in [-0.25, -0.2) is 9.97 Å². The first-order valence-corrected chi connectivity index (χ1v) is 12.7. The molecule has 36 heavy (non-hydrogen) atoms. The van der Waals surface area contributed by atoms with E-state index >= 15 is 0 Å².